The topological polar surface area (TPSA) is 195 Å². The molecule has 328 valence electrons. The Bertz CT molecular complexity index is 2550. The van der Waals surface area contributed by atoms with Gasteiger partial charge in [-0.15, -0.1) is 0 Å². The minimum absolute atomic E-state index is 0.0533. The minimum atomic E-state index is -3.94. The van der Waals surface area contributed by atoms with Crippen LogP contribution in [0.3, 0.4) is 0 Å². The molecule has 9 rings (SSSR count). The highest BCUT2D eigenvalue weighted by Crippen LogP contribution is 2.46. The van der Waals surface area contributed by atoms with Crippen molar-refractivity contribution in [1.29, 1.82) is 0 Å². The molecule has 2 aromatic carbocycles. The second kappa shape index (κ2) is 16.9. The molecule has 0 spiro atoms. The van der Waals surface area contributed by atoms with E-state index < -0.39 is 74.5 Å². The van der Waals surface area contributed by atoms with Crippen LogP contribution >= 0.6 is 0 Å². The van der Waals surface area contributed by atoms with Gasteiger partial charge in [0.15, 0.2) is 11.3 Å². The predicted molar refractivity (Wildman–Crippen MR) is 225 cm³/mol. The molecule has 15 nitrogen and oxygen atoms in total. The smallest absolute Gasteiger partial charge is 0.408 e. The number of hydrogen-bond acceptors (Lipinski definition) is 11. The van der Waals surface area contributed by atoms with Gasteiger partial charge in [0.05, 0.1) is 30.0 Å². The minimum Gasteiger partial charge on any atom is -0.497 e. The number of carbonyl (C=O) groups excluding carboxylic acids is 4. The standard InChI is InChI=1S/C45H50FN5O10S/c1-58-28-17-20-37-32(21-28)39-40(61-37)38(23-35(47-39)31-14-9-10-15-33(31)46)59-29-22-36-41(52)49-45(43(54)50-62(56,57)30-18-19-30)24-26(45)11-5-3-2-4-6-16-34(42(53)51(36)25-29)48-44(55)60-27-12-7-8-13-27/h5,9-11,14-15,17,20-21,23,26-27,29-30,34,36H,2-4,6-8,12-13,16,18-19,22,24-25H2,1H3,(H,48,55)(H,49,52)(H,50,54)/b11-5-/t26-,29+,34-,36-,45+/m0/s1. The highest BCUT2D eigenvalue weighted by Gasteiger charge is 2.62. The molecule has 5 atom stereocenters. The van der Waals surface area contributed by atoms with Crippen molar-refractivity contribution in [2.45, 2.75) is 119 Å². The zero-order chi connectivity index (χ0) is 43.2. The number of aromatic nitrogens is 1. The number of sulfonamides is 1. The first-order chi connectivity index (χ1) is 29.9. The quantitative estimate of drug-likeness (QED) is 0.163. The summed E-state index contributed by atoms with van der Waals surface area (Å²) in [5.41, 5.74) is 0.00359. The van der Waals surface area contributed by atoms with E-state index in [0.29, 0.717) is 47.9 Å². The van der Waals surface area contributed by atoms with Gasteiger partial charge in [-0.25, -0.2) is 22.6 Å². The maximum Gasteiger partial charge on any atom is 0.408 e. The Kier molecular flexibility index (Phi) is 11.3. The van der Waals surface area contributed by atoms with E-state index in [-0.39, 0.29) is 54.5 Å². The lowest BCUT2D eigenvalue weighted by Crippen LogP contribution is -2.58. The van der Waals surface area contributed by atoms with Gasteiger partial charge in [-0.1, -0.05) is 37.1 Å². The molecular formula is C45H50FN5O10S. The highest BCUT2D eigenvalue weighted by atomic mass is 32.2. The highest BCUT2D eigenvalue weighted by molar-refractivity contribution is 7.91. The van der Waals surface area contributed by atoms with Gasteiger partial charge in [0.2, 0.25) is 21.8 Å². The van der Waals surface area contributed by atoms with Gasteiger partial charge >= 0.3 is 6.09 Å². The summed E-state index contributed by atoms with van der Waals surface area (Å²) in [6.07, 6.45) is 9.42. The van der Waals surface area contributed by atoms with Crippen molar-refractivity contribution in [2.75, 3.05) is 13.7 Å². The molecule has 4 amide bonds. The van der Waals surface area contributed by atoms with E-state index >= 15 is 4.39 Å². The number of ether oxygens (including phenoxy) is 3. The van der Waals surface area contributed by atoms with Crippen molar-refractivity contribution in [3.63, 3.8) is 0 Å². The largest absolute Gasteiger partial charge is 0.497 e. The average Bonchev–Trinajstić information content (AvgIpc) is 4.07. The number of fused-ring (bicyclic) bond motifs is 5. The van der Waals surface area contributed by atoms with E-state index in [1.165, 1.54) is 18.1 Å². The molecule has 0 unspecified atom stereocenters. The third kappa shape index (κ3) is 8.42. The molecule has 3 aliphatic carbocycles. The lowest BCUT2D eigenvalue weighted by molar-refractivity contribution is -0.141. The molecule has 3 N–H and O–H groups in total. The number of alkyl carbamates (subject to hydrolysis) is 1. The fraction of sp³-hybridized carbons (Fsp3) is 0.489. The number of rotatable bonds is 9. The zero-order valence-corrected chi connectivity index (χ0v) is 35.2. The summed E-state index contributed by atoms with van der Waals surface area (Å²) in [7, 11) is -2.41. The van der Waals surface area contributed by atoms with Gasteiger partial charge in [0.1, 0.15) is 52.5 Å². The maximum absolute atomic E-state index is 15.3. The number of hydrogen-bond donors (Lipinski definition) is 3. The van der Waals surface area contributed by atoms with Crippen molar-refractivity contribution in [2.24, 2.45) is 5.92 Å². The van der Waals surface area contributed by atoms with E-state index in [1.54, 1.807) is 42.5 Å². The molecule has 4 fully saturated rings. The zero-order valence-electron chi connectivity index (χ0n) is 34.4. The molecule has 2 aliphatic heterocycles. The first kappa shape index (κ1) is 41.6. The Morgan fingerprint density at radius 3 is 2.55 bits per heavy atom. The van der Waals surface area contributed by atoms with Gasteiger partial charge in [0, 0.05) is 24.0 Å². The van der Waals surface area contributed by atoms with Gasteiger partial charge in [-0.3, -0.25) is 19.1 Å². The van der Waals surface area contributed by atoms with E-state index in [4.69, 9.17) is 23.6 Å². The van der Waals surface area contributed by atoms with Crippen LogP contribution in [0, 0.1) is 11.7 Å². The Morgan fingerprint density at radius 1 is 0.984 bits per heavy atom. The molecule has 62 heavy (non-hydrogen) atoms. The Hall–Kier alpha value is -5.71. The molecule has 0 radical (unpaired) electrons. The summed E-state index contributed by atoms with van der Waals surface area (Å²) in [5.74, 6) is -2.28. The summed E-state index contributed by atoms with van der Waals surface area (Å²) < 4.78 is 67.6. The molecule has 17 heteroatoms. The molecule has 3 saturated carbocycles. The molecule has 4 heterocycles. The van der Waals surface area contributed by atoms with Crippen LogP contribution in [0.1, 0.15) is 83.5 Å². The normalized spacial score (nSPS) is 26.5. The summed E-state index contributed by atoms with van der Waals surface area (Å²) in [5, 5.41) is 5.62. The number of nitrogens with zero attached hydrogens (tertiary/aromatic N) is 2. The summed E-state index contributed by atoms with van der Waals surface area (Å²) in [4.78, 5) is 62.8. The summed E-state index contributed by atoms with van der Waals surface area (Å²) in [6.45, 7) is -0.113. The average molecular weight is 872 g/mol. The first-order valence-electron chi connectivity index (χ1n) is 21.6. The number of allylic oxidation sites excluding steroid dienone is 1. The van der Waals surface area contributed by atoms with Crippen LogP contribution in [0.4, 0.5) is 9.18 Å². The SMILES string of the molecule is COc1ccc2oc3c(O[C@@H]4C[C@H]5C(=O)N[C@]6(C(=O)NS(=O)(=O)C7CC7)C[C@@H]6/C=C\CCCCC[C@H](NC(=O)OC6CCCC6)C(=O)N5C4)cc(-c4ccccc4F)nc3c2c1. The van der Waals surface area contributed by atoms with Gasteiger partial charge < -0.3 is 34.2 Å². The fourth-order valence-electron chi connectivity index (χ4n) is 9.07. The van der Waals surface area contributed by atoms with Gasteiger partial charge in [-0.05, 0) is 94.5 Å². The Balaban J connectivity index is 1.07. The van der Waals surface area contributed by atoms with Crippen LogP contribution in [-0.4, -0.2) is 90.9 Å². The number of amides is 4. The lowest BCUT2D eigenvalue weighted by atomic mass is 10.0. The van der Waals surface area contributed by atoms with Crippen molar-refractivity contribution in [3.8, 4) is 22.8 Å². The van der Waals surface area contributed by atoms with E-state index in [1.807, 2.05) is 12.2 Å². The number of furan rings is 1. The van der Waals surface area contributed by atoms with Crippen molar-refractivity contribution < 1.29 is 50.6 Å². The van der Waals surface area contributed by atoms with Crippen molar-refractivity contribution in [3.05, 3.63) is 66.5 Å². The van der Waals surface area contributed by atoms with Crippen LogP contribution in [0.25, 0.3) is 33.3 Å². The molecule has 5 aliphatic rings. The van der Waals surface area contributed by atoms with Crippen LogP contribution in [0.15, 0.2) is 65.1 Å². The third-order valence-corrected chi connectivity index (χ3v) is 14.6. The molecule has 0 bridgehead atoms. The fourth-order valence-corrected chi connectivity index (χ4v) is 10.4. The number of pyridine rings is 1. The number of benzene rings is 2. The van der Waals surface area contributed by atoms with Gasteiger partial charge in [0.25, 0.3) is 5.91 Å². The van der Waals surface area contributed by atoms with Gasteiger partial charge in [-0.2, -0.15) is 0 Å². The predicted octanol–water partition coefficient (Wildman–Crippen LogP) is 6.19. The Morgan fingerprint density at radius 2 is 1.77 bits per heavy atom. The summed E-state index contributed by atoms with van der Waals surface area (Å²) >= 11 is 0. The van der Waals surface area contributed by atoms with E-state index in [2.05, 4.69) is 15.4 Å². The molecule has 1 saturated heterocycles. The van der Waals surface area contributed by atoms with Crippen molar-refractivity contribution >= 4 is 55.9 Å². The molecular weight excluding hydrogens is 822 g/mol. The third-order valence-electron chi connectivity index (χ3n) is 12.7. The number of halogens is 1. The first-order valence-corrected chi connectivity index (χ1v) is 23.1. The number of nitrogens with one attached hydrogen (secondary N) is 3. The monoisotopic (exact) mass is 871 g/mol. The molecule has 4 aromatic rings. The number of carbonyl (C=O) groups is 4. The van der Waals surface area contributed by atoms with Crippen LogP contribution in [0.2, 0.25) is 0 Å². The second-order valence-corrected chi connectivity index (χ2v) is 19.1. The van der Waals surface area contributed by atoms with Crippen LogP contribution < -0.4 is 24.8 Å². The van der Waals surface area contributed by atoms with Crippen LogP contribution in [-0.2, 0) is 29.1 Å². The lowest BCUT2D eigenvalue weighted by Gasteiger charge is -2.30. The second-order valence-electron chi connectivity index (χ2n) is 17.1. The number of methoxy groups -OCH3 is 1. The maximum atomic E-state index is 15.3. The molecule has 2 aromatic heterocycles. The van der Waals surface area contributed by atoms with E-state index in [9.17, 15) is 27.6 Å². The summed E-state index contributed by atoms with van der Waals surface area (Å²) in [6, 6.07) is 10.7. The van der Waals surface area contributed by atoms with Crippen LogP contribution in [0.5, 0.6) is 11.5 Å². The van der Waals surface area contributed by atoms with E-state index in [0.717, 1.165) is 38.5 Å². The Labute approximate surface area is 358 Å². The van der Waals surface area contributed by atoms with Crippen molar-refractivity contribution in [1.82, 2.24) is 25.2 Å².